The van der Waals surface area contributed by atoms with Gasteiger partial charge < -0.3 is 20.7 Å². The first-order valence-electron chi connectivity index (χ1n) is 6.93. The number of hydrogen-bond acceptors (Lipinski definition) is 6. The fourth-order valence-corrected chi connectivity index (χ4v) is 3.19. The molecule has 112 valence electrons. The summed E-state index contributed by atoms with van der Waals surface area (Å²) < 4.78 is 6.41. The molecule has 1 aromatic heterocycles. The van der Waals surface area contributed by atoms with Crippen LogP contribution in [0.15, 0.2) is 18.2 Å². The molecule has 0 unspecified atom stereocenters. The van der Waals surface area contributed by atoms with Gasteiger partial charge in [0.05, 0.1) is 29.5 Å². The van der Waals surface area contributed by atoms with Crippen LogP contribution in [-0.4, -0.2) is 43.2 Å². The van der Waals surface area contributed by atoms with Gasteiger partial charge in [0.1, 0.15) is 0 Å². The second-order valence-electron chi connectivity index (χ2n) is 5.06. The molecular weight excluding hydrogens is 288 g/mol. The number of aromatic nitrogens is 1. The number of morpholine rings is 1. The molecule has 1 aromatic carbocycles. The van der Waals surface area contributed by atoms with E-state index >= 15 is 0 Å². The molecule has 7 heteroatoms. The number of benzene rings is 1. The summed E-state index contributed by atoms with van der Waals surface area (Å²) in [6, 6.07) is 5.20. The topological polar surface area (TPSA) is 80.5 Å². The van der Waals surface area contributed by atoms with Crippen molar-refractivity contribution in [3.63, 3.8) is 0 Å². The summed E-state index contributed by atoms with van der Waals surface area (Å²) in [5.74, 6) is -0.188. The van der Waals surface area contributed by atoms with Gasteiger partial charge in [-0.2, -0.15) is 0 Å². The lowest BCUT2D eigenvalue weighted by Crippen LogP contribution is -2.36. The molecule has 3 N–H and O–H groups in total. The van der Waals surface area contributed by atoms with Gasteiger partial charge in [-0.1, -0.05) is 11.3 Å². The van der Waals surface area contributed by atoms with Crippen molar-refractivity contribution in [2.75, 3.05) is 36.5 Å². The standard InChI is InChI=1S/C14H18N4O2S/c1-9(15)13(19)16-10-2-3-11-12(8-10)21-14(17-11)18-4-6-20-7-5-18/h2-3,8-9H,4-7,15H2,1H3,(H,16,19)/t9-/m0/s1. The number of rotatable bonds is 3. The van der Waals surface area contributed by atoms with Crippen LogP contribution in [0.4, 0.5) is 10.8 Å². The predicted molar refractivity (Wildman–Crippen MR) is 84.9 cm³/mol. The maximum absolute atomic E-state index is 11.6. The molecule has 3 rings (SSSR count). The summed E-state index contributed by atoms with van der Waals surface area (Å²) >= 11 is 1.63. The lowest BCUT2D eigenvalue weighted by Gasteiger charge is -2.25. The molecular formula is C14H18N4O2S. The van der Waals surface area contributed by atoms with Gasteiger partial charge >= 0.3 is 0 Å². The molecule has 0 aliphatic carbocycles. The largest absolute Gasteiger partial charge is 0.378 e. The first-order chi connectivity index (χ1) is 10.1. The summed E-state index contributed by atoms with van der Waals surface area (Å²) in [5.41, 5.74) is 7.25. The molecule has 21 heavy (non-hydrogen) atoms. The summed E-state index contributed by atoms with van der Waals surface area (Å²) in [4.78, 5) is 18.5. The molecule has 2 heterocycles. The number of ether oxygens (including phenoxy) is 1. The summed E-state index contributed by atoms with van der Waals surface area (Å²) in [5, 5.41) is 3.81. The number of anilines is 2. The Bertz CT molecular complexity index is 649. The van der Waals surface area contributed by atoms with Crippen LogP contribution in [0.2, 0.25) is 0 Å². The highest BCUT2D eigenvalue weighted by Crippen LogP contribution is 2.31. The molecule has 1 saturated heterocycles. The third-order valence-corrected chi connectivity index (χ3v) is 4.42. The minimum absolute atomic E-state index is 0.188. The summed E-state index contributed by atoms with van der Waals surface area (Å²) in [6.45, 7) is 4.89. The fourth-order valence-electron chi connectivity index (χ4n) is 2.14. The fraction of sp³-hybridized carbons (Fsp3) is 0.429. The highest BCUT2D eigenvalue weighted by atomic mass is 32.1. The van der Waals surface area contributed by atoms with Gasteiger partial charge in [-0.05, 0) is 25.1 Å². The molecule has 6 nitrogen and oxygen atoms in total. The Morgan fingerprint density at radius 2 is 2.24 bits per heavy atom. The van der Waals surface area contributed by atoms with Crippen molar-refractivity contribution in [1.29, 1.82) is 0 Å². The second-order valence-corrected chi connectivity index (χ2v) is 6.07. The molecule has 1 aliphatic heterocycles. The van der Waals surface area contributed by atoms with Crippen molar-refractivity contribution in [1.82, 2.24) is 4.98 Å². The van der Waals surface area contributed by atoms with E-state index in [1.807, 2.05) is 18.2 Å². The number of nitrogens with two attached hydrogens (primary N) is 1. The second kappa shape index (κ2) is 5.97. The van der Waals surface area contributed by atoms with Gasteiger partial charge in [0, 0.05) is 18.8 Å². The minimum Gasteiger partial charge on any atom is -0.378 e. The van der Waals surface area contributed by atoms with E-state index in [1.54, 1.807) is 18.3 Å². The molecule has 0 spiro atoms. The first-order valence-corrected chi connectivity index (χ1v) is 7.75. The van der Waals surface area contributed by atoms with Gasteiger partial charge in [0.2, 0.25) is 5.91 Å². The number of carbonyl (C=O) groups is 1. The van der Waals surface area contributed by atoms with Crippen molar-refractivity contribution < 1.29 is 9.53 Å². The molecule has 1 amide bonds. The zero-order valence-corrected chi connectivity index (χ0v) is 12.7. The van der Waals surface area contributed by atoms with Crippen LogP contribution in [0.25, 0.3) is 10.2 Å². The quantitative estimate of drug-likeness (QED) is 0.896. The zero-order valence-electron chi connectivity index (χ0n) is 11.8. The number of thiazole rings is 1. The molecule has 0 radical (unpaired) electrons. The van der Waals surface area contributed by atoms with Crippen LogP contribution in [0.1, 0.15) is 6.92 Å². The number of hydrogen-bond donors (Lipinski definition) is 2. The first kappa shape index (κ1) is 14.2. The molecule has 1 fully saturated rings. The van der Waals surface area contributed by atoms with Crippen molar-refractivity contribution in [2.24, 2.45) is 5.73 Å². The monoisotopic (exact) mass is 306 g/mol. The highest BCUT2D eigenvalue weighted by molar-refractivity contribution is 7.22. The number of nitrogens with one attached hydrogen (secondary N) is 1. The third-order valence-electron chi connectivity index (χ3n) is 3.34. The minimum atomic E-state index is -0.522. The number of carbonyl (C=O) groups excluding carboxylic acids is 1. The van der Waals surface area contributed by atoms with Crippen LogP contribution in [-0.2, 0) is 9.53 Å². The van der Waals surface area contributed by atoms with E-state index in [4.69, 9.17) is 10.5 Å². The lowest BCUT2D eigenvalue weighted by atomic mass is 10.2. The van der Waals surface area contributed by atoms with Gasteiger partial charge in [0.25, 0.3) is 0 Å². The van der Waals surface area contributed by atoms with E-state index in [1.165, 1.54) is 0 Å². The van der Waals surface area contributed by atoms with E-state index in [2.05, 4.69) is 15.2 Å². The average molecular weight is 306 g/mol. The number of fused-ring (bicyclic) bond motifs is 1. The Kier molecular flexibility index (Phi) is 4.05. The summed E-state index contributed by atoms with van der Waals surface area (Å²) in [7, 11) is 0. The van der Waals surface area contributed by atoms with Gasteiger partial charge in [0.15, 0.2) is 5.13 Å². The normalized spacial score (nSPS) is 17.0. The van der Waals surface area contributed by atoms with E-state index in [0.717, 1.165) is 47.3 Å². The third kappa shape index (κ3) is 3.15. The van der Waals surface area contributed by atoms with Crippen molar-refractivity contribution in [2.45, 2.75) is 13.0 Å². The molecule has 1 atom stereocenters. The maximum Gasteiger partial charge on any atom is 0.240 e. The number of amides is 1. The van der Waals surface area contributed by atoms with E-state index in [9.17, 15) is 4.79 Å². The Labute approximate surface area is 126 Å². The van der Waals surface area contributed by atoms with Crippen molar-refractivity contribution in [3.05, 3.63) is 18.2 Å². The molecule has 0 saturated carbocycles. The van der Waals surface area contributed by atoms with Crippen LogP contribution in [0.5, 0.6) is 0 Å². The van der Waals surface area contributed by atoms with Gasteiger partial charge in [-0.25, -0.2) is 4.98 Å². The Balaban J connectivity index is 1.82. The Morgan fingerprint density at radius 1 is 1.48 bits per heavy atom. The number of nitrogens with zero attached hydrogens (tertiary/aromatic N) is 2. The van der Waals surface area contributed by atoms with Crippen LogP contribution in [0.3, 0.4) is 0 Å². The van der Waals surface area contributed by atoms with Crippen molar-refractivity contribution >= 4 is 38.3 Å². The Morgan fingerprint density at radius 3 is 2.95 bits per heavy atom. The molecule has 1 aliphatic rings. The van der Waals surface area contributed by atoms with Crippen LogP contribution in [0, 0.1) is 0 Å². The molecule has 2 aromatic rings. The predicted octanol–water partition coefficient (Wildman–Crippen LogP) is 1.42. The smallest absolute Gasteiger partial charge is 0.240 e. The summed E-state index contributed by atoms with van der Waals surface area (Å²) in [6.07, 6.45) is 0. The maximum atomic E-state index is 11.6. The van der Waals surface area contributed by atoms with E-state index in [-0.39, 0.29) is 5.91 Å². The zero-order chi connectivity index (χ0) is 14.8. The SMILES string of the molecule is C[C@H](N)C(=O)Nc1ccc2nc(N3CCOCC3)sc2c1. The highest BCUT2D eigenvalue weighted by Gasteiger charge is 2.16. The van der Waals surface area contributed by atoms with Crippen LogP contribution >= 0.6 is 11.3 Å². The van der Waals surface area contributed by atoms with Crippen molar-refractivity contribution in [3.8, 4) is 0 Å². The van der Waals surface area contributed by atoms with E-state index in [0.29, 0.717) is 0 Å². The van der Waals surface area contributed by atoms with Crippen LogP contribution < -0.4 is 16.0 Å². The van der Waals surface area contributed by atoms with Gasteiger partial charge in [-0.3, -0.25) is 4.79 Å². The van der Waals surface area contributed by atoms with Gasteiger partial charge in [-0.15, -0.1) is 0 Å². The lowest BCUT2D eigenvalue weighted by molar-refractivity contribution is -0.117. The average Bonchev–Trinajstić information content (AvgIpc) is 2.91. The molecule has 0 bridgehead atoms. The Hall–Kier alpha value is -1.70. The van der Waals surface area contributed by atoms with E-state index < -0.39 is 6.04 Å².